The Morgan fingerprint density at radius 2 is 1.52 bits per heavy atom. The summed E-state index contributed by atoms with van der Waals surface area (Å²) < 4.78 is 23.1. The van der Waals surface area contributed by atoms with Crippen LogP contribution in [0.4, 0.5) is 11.4 Å². The number of benzene rings is 3. The molecule has 8 heteroatoms. The summed E-state index contributed by atoms with van der Waals surface area (Å²) in [7, 11) is -3.34. The van der Waals surface area contributed by atoms with Crippen LogP contribution in [0.5, 0.6) is 0 Å². The van der Waals surface area contributed by atoms with E-state index in [1.807, 2.05) is 19.1 Å². The highest BCUT2D eigenvalue weighted by molar-refractivity contribution is 7.90. The third-order valence-electron chi connectivity index (χ3n) is 5.05. The van der Waals surface area contributed by atoms with Crippen LogP contribution in [0.3, 0.4) is 0 Å². The van der Waals surface area contributed by atoms with Gasteiger partial charge in [0.2, 0.25) is 0 Å². The molecule has 1 aliphatic rings. The lowest BCUT2D eigenvalue weighted by molar-refractivity contribution is 0.0925. The molecule has 0 radical (unpaired) electrons. The predicted molar refractivity (Wildman–Crippen MR) is 116 cm³/mol. The molecule has 4 rings (SSSR count). The zero-order chi connectivity index (χ0) is 22.3. The zero-order valence-corrected chi connectivity index (χ0v) is 17.6. The molecule has 156 valence electrons. The minimum Gasteiger partial charge on any atom is -0.322 e. The second-order valence-electron chi connectivity index (χ2n) is 7.24. The van der Waals surface area contributed by atoms with Gasteiger partial charge in [-0.05, 0) is 61.0 Å². The van der Waals surface area contributed by atoms with Gasteiger partial charge in [-0.15, -0.1) is 0 Å². The fourth-order valence-corrected chi connectivity index (χ4v) is 4.03. The van der Waals surface area contributed by atoms with Crippen LogP contribution in [0.1, 0.15) is 36.6 Å². The molecule has 0 fully saturated rings. The van der Waals surface area contributed by atoms with Crippen LogP contribution in [0, 0.1) is 6.92 Å². The third-order valence-corrected chi connectivity index (χ3v) is 6.17. The first kappa shape index (κ1) is 20.5. The van der Waals surface area contributed by atoms with E-state index in [1.54, 1.807) is 12.1 Å². The number of imide groups is 1. The van der Waals surface area contributed by atoms with Gasteiger partial charge in [0.1, 0.15) is 0 Å². The molecule has 1 N–H and O–H groups in total. The van der Waals surface area contributed by atoms with Gasteiger partial charge in [0, 0.05) is 17.5 Å². The molecule has 0 aromatic heterocycles. The van der Waals surface area contributed by atoms with Crippen LogP contribution in [0.25, 0.3) is 0 Å². The largest absolute Gasteiger partial charge is 0.322 e. The number of hydrogen-bond acceptors (Lipinski definition) is 5. The molecular weight excluding hydrogens is 416 g/mol. The van der Waals surface area contributed by atoms with Gasteiger partial charge in [-0.25, -0.2) is 13.3 Å². The Labute approximate surface area is 179 Å². The topological polar surface area (TPSA) is 101 Å². The Balaban J connectivity index is 1.60. The molecule has 1 aliphatic heterocycles. The van der Waals surface area contributed by atoms with Gasteiger partial charge in [0.25, 0.3) is 17.7 Å². The van der Waals surface area contributed by atoms with E-state index in [0.717, 1.165) is 16.7 Å². The van der Waals surface area contributed by atoms with E-state index in [0.29, 0.717) is 11.4 Å². The first-order valence-corrected chi connectivity index (χ1v) is 11.3. The Bertz CT molecular complexity index is 1340. The summed E-state index contributed by atoms with van der Waals surface area (Å²) in [6.45, 7) is 1.81. The maximum absolute atomic E-state index is 12.9. The van der Waals surface area contributed by atoms with Crippen molar-refractivity contribution in [1.82, 2.24) is 0 Å². The first-order chi connectivity index (χ1) is 14.7. The standard InChI is InChI=1S/C23H18N2O5S/c1-14-5-3-4-6-20(14)25-22(27)18-12-7-15(13-19(18)23(25)28)21(26)24-16-8-10-17(11-9-16)31(2,29)30/h3-13H,1-2H3,(H,24,26). The van der Waals surface area contributed by atoms with Crippen molar-refractivity contribution in [2.45, 2.75) is 11.8 Å². The van der Waals surface area contributed by atoms with E-state index in [-0.39, 0.29) is 21.6 Å². The summed E-state index contributed by atoms with van der Waals surface area (Å²) in [5.74, 6) is -1.40. The molecule has 0 spiro atoms. The smallest absolute Gasteiger partial charge is 0.266 e. The molecule has 0 aliphatic carbocycles. The Morgan fingerprint density at radius 3 is 2.16 bits per heavy atom. The zero-order valence-electron chi connectivity index (χ0n) is 16.7. The number of aryl methyl sites for hydroxylation is 1. The van der Waals surface area contributed by atoms with Gasteiger partial charge >= 0.3 is 0 Å². The number of para-hydroxylation sites is 1. The highest BCUT2D eigenvalue weighted by Crippen LogP contribution is 2.31. The number of anilines is 2. The van der Waals surface area contributed by atoms with Gasteiger partial charge < -0.3 is 5.32 Å². The number of nitrogens with one attached hydrogen (secondary N) is 1. The molecule has 0 unspecified atom stereocenters. The molecule has 3 aromatic rings. The number of amides is 3. The van der Waals surface area contributed by atoms with Crippen molar-refractivity contribution in [2.24, 2.45) is 0 Å². The molecule has 0 atom stereocenters. The van der Waals surface area contributed by atoms with Crippen LogP contribution in [-0.4, -0.2) is 32.4 Å². The summed E-state index contributed by atoms with van der Waals surface area (Å²) in [5.41, 5.74) is 2.30. The summed E-state index contributed by atoms with van der Waals surface area (Å²) >= 11 is 0. The van der Waals surface area contributed by atoms with E-state index in [4.69, 9.17) is 0 Å². The number of fused-ring (bicyclic) bond motifs is 1. The van der Waals surface area contributed by atoms with Crippen LogP contribution in [0.2, 0.25) is 0 Å². The van der Waals surface area contributed by atoms with Gasteiger partial charge in [0.15, 0.2) is 9.84 Å². The lowest BCUT2D eigenvalue weighted by atomic mass is 10.1. The number of nitrogens with zero attached hydrogens (tertiary/aromatic N) is 1. The number of carbonyl (C=O) groups is 3. The van der Waals surface area contributed by atoms with E-state index in [9.17, 15) is 22.8 Å². The summed E-state index contributed by atoms with van der Waals surface area (Å²) in [6, 6.07) is 17.2. The molecule has 7 nitrogen and oxygen atoms in total. The van der Waals surface area contributed by atoms with Gasteiger partial charge in [0.05, 0.1) is 21.7 Å². The van der Waals surface area contributed by atoms with Crippen molar-refractivity contribution >= 4 is 38.9 Å². The highest BCUT2D eigenvalue weighted by Gasteiger charge is 2.37. The first-order valence-electron chi connectivity index (χ1n) is 9.37. The summed E-state index contributed by atoms with van der Waals surface area (Å²) in [5, 5.41) is 2.66. The molecule has 0 saturated carbocycles. The lowest BCUT2D eigenvalue weighted by Gasteiger charge is -2.16. The molecule has 0 saturated heterocycles. The molecule has 3 aromatic carbocycles. The molecule has 31 heavy (non-hydrogen) atoms. The molecular formula is C23H18N2O5S. The van der Waals surface area contributed by atoms with Crippen molar-refractivity contribution in [3.8, 4) is 0 Å². The third kappa shape index (κ3) is 3.73. The number of sulfone groups is 1. The monoisotopic (exact) mass is 434 g/mol. The van der Waals surface area contributed by atoms with E-state index < -0.39 is 27.6 Å². The minimum atomic E-state index is -3.34. The van der Waals surface area contributed by atoms with E-state index >= 15 is 0 Å². The maximum Gasteiger partial charge on any atom is 0.266 e. The Hall–Kier alpha value is -3.78. The second-order valence-corrected chi connectivity index (χ2v) is 9.26. The molecule has 1 heterocycles. The quantitative estimate of drug-likeness (QED) is 0.634. The van der Waals surface area contributed by atoms with Gasteiger partial charge in [-0.1, -0.05) is 18.2 Å². The maximum atomic E-state index is 12.9. The average Bonchev–Trinajstić information content (AvgIpc) is 2.98. The minimum absolute atomic E-state index is 0.142. The van der Waals surface area contributed by atoms with E-state index in [2.05, 4.69) is 5.32 Å². The van der Waals surface area contributed by atoms with Crippen molar-refractivity contribution in [1.29, 1.82) is 0 Å². The fraction of sp³-hybridized carbons (Fsp3) is 0.0870. The Kier molecular flexibility index (Phi) is 4.94. The normalized spacial score (nSPS) is 13.3. The Morgan fingerprint density at radius 1 is 0.871 bits per heavy atom. The number of rotatable bonds is 4. The second kappa shape index (κ2) is 7.48. The SMILES string of the molecule is Cc1ccccc1N1C(=O)c2ccc(C(=O)Nc3ccc(S(C)(=O)=O)cc3)cc2C1=O. The van der Waals surface area contributed by atoms with Crippen LogP contribution >= 0.6 is 0 Å². The van der Waals surface area contributed by atoms with Crippen molar-refractivity contribution in [3.05, 3.63) is 89.0 Å². The highest BCUT2D eigenvalue weighted by atomic mass is 32.2. The predicted octanol–water partition coefficient (Wildman–Crippen LogP) is 3.45. The average molecular weight is 434 g/mol. The van der Waals surface area contributed by atoms with Gasteiger partial charge in [-0.3, -0.25) is 14.4 Å². The fourth-order valence-electron chi connectivity index (χ4n) is 3.40. The van der Waals surface area contributed by atoms with Crippen LogP contribution in [-0.2, 0) is 9.84 Å². The van der Waals surface area contributed by atoms with Crippen LogP contribution in [0.15, 0.2) is 71.6 Å². The molecule has 0 bridgehead atoms. The number of carbonyl (C=O) groups excluding carboxylic acids is 3. The molecule has 3 amide bonds. The van der Waals surface area contributed by atoms with Crippen molar-refractivity contribution < 1.29 is 22.8 Å². The number of hydrogen-bond donors (Lipinski definition) is 1. The van der Waals surface area contributed by atoms with Crippen molar-refractivity contribution in [2.75, 3.05) is 16.5 Å². The lowest BCUT2D eigenvalue weighted by Crippen LogP contribution is -2.29. The summed E-state index contributed by atoms with van der Waals surface area (Å²) in [4.78, 5) is 39.7. The van der Waals surface area contributed by atoms with Gasteiger partial charge in [-0.2, -0.15) is 0 Å². The van der Waals surface area contributed by atoms with E-state index in [1.165, 1.54) is 42.5 Å². The summed E-state index contributed by atoms with van der Waals surface area (Å²) in [6.07, 6.45) is 1.10. The van der Waals surface area contributed by atoms with Crippen LogP contribution < -0.4 is 10.2 Å². The van der Waals surface area contributed by atoms with Crippen molar-refractivity contribution in [3.63, 3.8) is 0 Å².